The number of rotatable bonds is 5. The molecule has 35 heavy (non-hydrogen) atoms. The van der Waals surface area contributed by atoms with Crippen molar-refractivity contribution in [3.05, 3.63) is 54.0 Å². The van der Waals surface area contributed by atoms with Crippen LogP contribution in [0.5, 0.6) is 0 Å². The molecule has 1 saturated heterocycles. The summed E-state index contributed by atoms with van der Waals surface area (Å²) in [5.74, 6) is -0.839. The van der Waals surface area contributed by atoms with Crippen LogP contribution in [0.15, 0.2) is 36.8 Å². The molecule has 0 spiro atoms. The number of hydrogen-bond acceptors (Lipinski definition) is 6. The molecular weight excluding hydrogens is 452 g/mol. The predicted octanol–water partition coefficient (Wildman–Crippen LogP) is 4.85. The molecule has 0 radical (unpaired) electrons. The molecule has 10 heteroatoms. The van der Waals surface area contributed by atoms with Crippen LogP contribution in [0.1, 0.15) is 57.4 Å². The van der Waals surface area contributed by atoms with Crippen LogP contribution in [0.25, 0.3) is 22.3 Å². The maximum absolute atomic E-state index is 14.9. The Bertz CT molecular complexity index is 1390. The summed E-state index contributed by atoms with van der Waals surface area (Å²) >= 11 is 0. The molecule has 2 fully saturated rings. The third-order valence-electron chi connectivity index (χ3n) is 6.57. The van der Waals surface area contributed by atoms with Gasteiger partial charge < -0.3 is 9.64 Å². The quantitative estimate of drug-likeness (QED) is 0.407. The summed E-state index contributed by atoms with van der Waals surface area (Å²) in [7, 11) is 0. The van der Waals surface area contributed by atoms with E-state index in [-0.39, 0.29) is 23.8 Å². The number of fused-ring (bicyclic) bond motifs is 1. The molecule has 6 rings (SSSR count). The van der Waals surface area contributed by atoms with E-state index in [2.05, 4.69) is 21.3 Å². The van der Waals surface area contributed by atoms with Gasteiger partial charge in [0.25, 0.3) is 0 Å². The number of aromatic nitrogens is 6. The van der Waals surface area contributed by atoms with Crippen LogP contribution in [0.2, 0.25) is 0 Å². The highest BCUT2D eigenvalue weighted by atomic mass is 19.1. The van der Waals surface area contributed by atoms with Gasteiger partial charge in [0.05, 0.1) is 42.2 Å². The van der Waals surface area contributed by atoms with Gasteiger partial charge in [-0.05, 0) is 45.7 Å². The van der Waals surface area contributed by atoms with Crippen LogP contribution >= 0.6 is 0 Å². The highest BCUT2D eigenvalue weighted by Gasteiger charge is 2.32. The lowest BCUT2D eigenvalue weighted by Gasteiger charge is -2.36. The van der Waals surface area contributed by atoms with Gasteiger partial charge in [-0.15, -0.1) is 0 Å². The topological polar surface area (TPSA) is 73.9 Å². The Labute approximate surface area is 201 Å². The van der Waals surface area contributed by atoms with Crippen molar-refractivity contribution in [2.45, 2.75) is 57.9 Å². The minimum atomic E-state index is -0.672. The highest BCUT2D eigenvalue weighted by Crippen LogP contribution is 2.36. The number of ether oxygens (including phenoxy) is 1. The predicted molar refractivity (Wildman–Crippen MR) is 127 cm³/mol. The Morgan fingerprint density at radius 1 is 1.06 bits per heavy atom. The Balaban J connectivity index is 1.43. The molecule has 2 aliphatic rings. The molecule has 1 aromatic carbocycles. The molecule has 4 aromatic rings. The van der Waals surface area contributed by atoms with Crippen molar-refractivity contribution in [3.63, 3.8) is 0 Å². The number of benzene rings is 1. The van der Waals surface area contributed by atoms with E-state index in [4.69, 9.17) is 14.7 Å². The van der Waals surface area contributed by atoms with E-state index in [0.29, 0.717) is 41.8 Å². The first kappa shape index (κ1) is 22.1. The molecule has 3 aromatic heterocycles. The van der Waals surface area contributed by atoms with Crippen LogP contribution in [0, 0.1) is 11.6 Å². The molecule has 2 atom stereocenters. The fourth-order valence-electron chi connectivity index (χ4n) is 4.68. The second-order valence-electron chi connectivity index (χ2n) is 9.74. The summed E-state index contributed by atoms with van der Waals surface area (Å²) in [6.45, 7) is 7.16. The van der Waals surface area contributed by atoms with Crippen molar-refractivity contribution in [2.75, 3.05) is 18.0 Å². The SMILES string of the molecule is CC1CN(c2nc(-c3ccc(F)cc3F)c3cnn(C(C)C)c3n2)CC(c2cnn(C3CC3)c2)O1. The van der Waals surface area contributed by atoms with Gasteiger partial charge in [-0.1, -0.05) is 0 Å². The molecule has 2 unspecified atom stereocenters. The normalized spacial score (nSPS) is 20.8. The molecular formula is C25H27F2N7O. The molecule has 4 heterocycles. The van der Waals surface area contributed by atoms with Crippen LogP contribution in [0.3, 0.4) is 0 Å². The van der Waals surface area contributed by atoms with Gasteiger partial charge in [0, 0.05) is 36.0 Å². The minimum absolute atomic E-state index is 0.0470. The summed E-state index contributed by atoms with van der Waals surface area (Å²) in [4.78, 5) is 11.7. The number of anilines is 1. The number of nitrogens with zero attached hydrogens (tertiary/aromatic N) is 7. The maximum Gasteiger partial charge on any atom is 0.228 e. The van der Waals surface area contributed by atoms with E-state index in [1.54, 1.807) is 10.9 Å². The first-order valence-electron chi connectivity index (χ1n) is 12.0. The average molecular weight is 480 g/mol. The monoisotopic (exact) mass is 479 g/mol. The van der Waals surface area contributed by atoms with E-state index < -0.39 is 11.6 Å². The Morgan fingerprint density at radius 3 is 2.63 bits per heavy atom. The van der Waals surface area contributed by atoms with E-state index in [0.717, 1.165) is 24.5 Å². The summed E-state index contributed by atoms with van der Waals surface area (Å²) in [5, 5.41) is 9.62. The zero-order valence-corrected chi connectivity index (χ0v) is 19.9. The zero-order valence-electron chi connectivity index (χ0n) is 19.9. The van der Waals surface area contributed by atoms with Gasteiger partial charge in [0.1, 0.15) is 17.7 Å². The lowest BCUT2D eigenvalue weighted by molar-refractivity contribution is -0.0178. The summed E-state index contributed by atoms with van der Waals surface area (Å²) in [5.41, 5.74) is 2.24. The van der Waals surface area contributed by atoms with Gasteiger partial charge >= 0.3 is 0 Å². The Hall–Kier alpha value is -3.40. The molecule has 0 amide bonds. The molecule has 182 valence electrons. The smallest absolute Gasteiger partial charge is 0.228 e. The lowest BCUT2D eigenvalue weighted by Crippen LogP contribution is -2.43. The third kappa shape index (κ3) is 4.05. The first-order chi connectivity index (χ1) is 16.9. The first-order valence-corrected chi connectivity index (χ1v) is 12.0. The van der Waals surface area contributed by atoms with E-state index >= 15 is 0 Å². The molecule has 0 bridgehead atoms. The summed E-state index contributed by atoms with van der Waals surface area (Å²) in [6.07, 6.45) is 7.65. The van der Waals surface area contributed by atoms with Crippen molar-refractivity contribution in [2.24, 2.45) is 0 Å². The van der Waals surface area contributed by atoms with E-state index in [9.17, 15) is 8.78 Å². The minimum Gasteiger partial charge on any atom is -0.367 e. The summed E-state index contributed by atoms with van der Waals surface area (Å²) in [6, 6.07) is 4.07. The average Bonchev–Trinajstić information content (AvgIpc) is 3.38. The molecule has 1 saturated carbocycles. The standard InChI is InChI=1S/C25H27F2N7O/c1-14(2)34-24-20(10-29-34)23(19-7-4-17(26)8-21(19)27)30-25(31-24)32-11-15(3)35-22(13-32)16-9-28-33(12-16)18-5-6-18/h4,7-10,12,14-15,18,22H,5-6,11,13H2,1-3H3. The van der Waals surface area contributed by atoms with Crippen molar-refractivity contribution < 1.29 is 13.5 Å². The van der Waals surface area contributed by atoms with Gasteiger partial charge in [-0.3, -0.25) is 4.68 Å². The van der Waals surface area contributed by atoms with Gasteiger partial charge in [-0.2, -0.15) is 15.2 Å². The van der Waals surface area contributed by atoms with E-state index in [1.807, 2.05) is 31.6 Å². The Morgan fingerprint density at radius 2 is 1.89 bits per heavy atom. The molecule has 0 N–H and O–H groups in total. The largest absolute Gasteiger partial charge is 0.367 e. The number of hydrogen-bond donors (Lipinski definition) is 0. The number of morpholine rings is 1. The van der Waals surface area contributed by atoms with Crippen LogP contribution in [0.4, 0.5) is 14.7 Å². The van der Waals surface area contributed by atoms with E-state index in [1.165, 1.54) is 12.1 Å². The van der Waals surface area contributed by atoms with Crippen molar-refractivity contribution in [1.82, 2.24) is 29.5 Å². The van der Waals surface area contributed by atoms with Crippen molar-refractivity contribution in [3.8, 4) is 11.3 Å². The molecule has 1 aliphatic heterocycles. The Kier molecular flexibility index (Phi) is 5.28. The fourth-order valence-corrected chi connectivity index (χ4v) is 4.68. The summed E-state index contributed by atoms with van der Waals surface area (Å²) < 4.78 is 38.6. The molecule has 8 nitrogen and oxygen atoms in total. The fraction of sp³-hybridized carbons (Fsp3) is 0.440. The van der Waals surface area contributed by atoms with Gasteiger partial charge in [0.2, 0.25) is 5.95 Å². The second kappa shape index (κ2) is 8.37. The number of halogens is 2. The van der Waals surface area contributed by atoms with Crippen molar-refractivity contribution >= 4 is 17.0 Å². The van der Waals surface area contributed by atoms with Crippen LogP contribution < -0.4 is 4.90 Å². The van der Waals surface area contributed by atoms with Crippen LogP contribution in [-0.4, -0.2) is 48.7 Å². The molecule has 1 aliphatic carbocycles. The lowest BCUT2D eigenvalue weighted by atomic mass is 10.1. The van der Waals surface area contributed by atoms with Crippen LogP contribution in [-0.2, 0) is 4.74 Å². The zero-order chi connectivity index (χ0) is 24.3. The highest BCUT2D eigenvalue weighted by molar-refractivity contribution is 5.91. The second-order valence-corrected chi connectivity index (χ2v) is 9.74. The third-order valence-corrected chi connectivity index (χ3v) is 6.57. The van der Waals surface area contributed by atoms with Gasteiger partial charge in [-0.25, -0.2) is 18.4 Å². The van der Waals surface area contributed by atoms with Gasteiger partial charge in [0.15, 0.2) is 5.65 Å². The maximum atomic E-state index is 14.9. The van der Waals surface area contributed by atoms with Crippen molar-refractivity contribution in [1.29, 1.82) is 0 Å².